The Kier molecular flexibility index (Phi) is 6.63. The lowest BCUT2D eigenvalue weighted by atomic mass is 9.93. The molecule has 3 aromatic rings. The lowest BCUT2D eigenvalue weighted by Gasteiger charge is -2.48. The Morgan fingerprint density at radius 1 is 0.903 bits per heavy atom. The van der Waals surface area contributed by atoms with Gasteiger partial charge in [-0.1, -0.05) is 47.5 Å². The van der Waals surface area contributed by atoms with Gasteiger partial charge < -0.3 is 0 Å². The maximum absolute atomic E-state index is 13.8. The molecule has 0 bridgehead atoms. The Hall–Kier alpha value is -1.99. The molecular weight excluding hydrogens is 461 g/mol. The monoisotopic (exact) mass is 480 g/mol. The molecule has 31 heavy (non-hydrogen) atoms. The van der Waals surface area contributed by atoms with Crippen molar-refractivity contribution < 1.29 is 13.0 Å². The minimum Gasteiger partial charge on any atom is -0.288 e. The standard InChI is InChI=1S/C23H20Cl2F2N2OS/c1-31(30)29(21-11-19(26)10-20(27)12-21)22-13-28(14-22)23(15-2-6-17(24)7-3-15)16-4-8-18(25)9-5-16/h2-12,22-23H,13-14H2,1H3. The molecule has 1 heterocycles. The van der Waals surface area contributed by atoms with Crippen LogP contribution in [0.1, 0.15) is 17.2 Å². The van der Waals surface area contributed by atoms with Gasteiger partial charge in [-0.2, -0.15) is 0 Å². The number of halogens is 4. The van der Waals surface area contributed by atoms with E-state index in [4.69, 9.17) is 23.2 Å². The molecule has 0 amide bonds. The second-order valence-corrected chi connectivity index (χ2v) is 9.60. The molecule has 3 nitrogen and oxygen atoms in total. The molecule has 0 aromatic heterocycles. The van der Waals surface area contributed by atoms with E-state index in [9.17, 15) is 13.0 Å². The maximum Gasteiger partial charge on any atom is 0.128 e. The third-order valence-corrected chi connectivity index (χ3v) is 6.90. The van der Waals surface area contributed by atoms with Gasteiger partial charge in [0.1, 0.15) is 22.6 Å². The van der Waals surface area contributed by atoms with Gasteiger partial charge in [0.2, 0.25) is 0 Å². The van der Waals surface area contributed by atoms with Gasteiger partial charge in [-0.05, 0) is 47.5 Å². The highest BCUT2D eigenvalue weighted by Crippen LogP contribution is 2.36. The first-order valence-electron chi connectivity index (χ1n) is 9.65. The fourth-order valence-electron chi connectivity index (χ4n) is 3.99. The van der Waals surface area contributed by atoms with Crippen LogP contribution in [0.5, 0.6) is 0 Å². The summed E-state index contributed by atoms with van der Waals surface area (Å²) in [6, 6.07) is 18.3. The van der Waals surface area contributed by atoms with E-state index < -0.39 is 22.6 Å². The molecule has 162 valence electrons. The summed E-state index contributed by atoms with van der Waals surface area (Å²) in [6.07, 6.45) is 1.52. The van der Waals surface area contributed by atoms with Crippen molar-refractivity contribution in [2.24, 2.45) is 0 Å². The first-order chi connectivity index (χ1) is 14.8. The van der Waals surface area contributed by atoms with E-state index in [-0.39, 0.29) is 17.8 Å². The quantitative estimate of drug-likeness (QED) is 0.442. The normalized spacial score (nSPS) is 15.7. The number of hydrogen-bond acceptors (Lipinski definition) is 2. The lowest BCUT2D eigenvalue weighted by molar-refractivity contribution is 0.116. The van der Waals surface area contributed by atoms with Gasteiger partial charge in [0.15, 0.2) is 0 Å². The summed E-state index contributed by atoms with van der Waals surface area (Å²) in [7, 11) is -1.43. The molecule has 0 radical (unpaired) electrons. The van der Waals surface area contributed by atoms with Gasteiger partial charge in [-0.15, -0.1) is 0 Å². The Balaban J connectivity index is 1.61. The Morgan fingerprint density at radius 3 is 1.77 bits per heavy atom. The van der Waals surface area contributed by atoms with Crippen LogP contribution in [-0.4, -0.2) is 34.5 Å². The minimum absolute atomic E-state index is 0.0535. The molecule has 4 rings (SSSR count). The number of hydrogen-bond donors (Lipinski definition) is 0. The third-order valence-electron chi connectivity index (χ3n) is 5.34. The van der Waals surface area contributed by atoms with E-state index in [2.05, 4.69) is 4.90 Å². The first kappa shape index (κ1) is 22.2. The van der Waals surface area contributed by atoms with E-state index in [0.717, 1.165) is 17.2 Å². The van der Waals surface area contributed by atoms with Crippen LogP contribution in [0.3, 0.4) is 0 Å². The summed E-state index contributed by atoms with van der Waals surface area (Å²) in [5.41, 5.74) is 2.40. The van der Waals surface area contributed by atoms with Crippen LogP contribution in [0.4, 0.5) is 14.5 Å². The number of likely N-dealkylation sites (tertiary alicyclic amines) is 1. The zero-order valence-electron chi connectivity index (χ0n) is 16.6. The number of rotatable bonds is 6. The van der Waals surface area contributed by atoms with Crippen LogP contribution >= 0.6 is 23.2 Å². The summed E-state index contributed by atoms with van der Waals surface area (Å²) in [4.78, 5) is 2.23. The summed E-state index contributed by atoms with van der Waals surface area (Å²) in [6.45, 7) is 1.15. The van der Waals surface area contributed by atoms with Crippen molar-refractivity contribution >= 4 is 39.9 Å². The second kappa shape index (κ2) is 9.25. The predicted octanol–water partition coefficient (Wildman–Crippen LogP) is 5.85. The van der Waals surface area contributed by atoms with Crippen molar-refractivity contribution in [2.75, 3.05) is 23.7 Å². The van der Waals surface area contributed by atoms with E-state index in [1.807, 2.05) is 48.5 Å². The number of benzene rings is 3. The molecular formula is C23H20Cl2F2N2OS. The predicted molar refractivity (Wildman–Crippen MR) is 123 cm³/mol. The van der Waals surface area contributed by atoms with Gasteiger partial charge in [0.05, 0.1) is 17.8 Å². The molecule has 0 spiro atoms. The summed E-state index contributed by atoms with van der Waals surface area (Å²) >= 11 is 12.1. The maximum atomic E-state index is 13.8. The van der Waals surface area contributed by atoms with Crippen molar-refractivity contribution in [3.63, 3.8) is 0 Å². The largest absolute Gasteiger partial charge is 0.288 e. The van der Waals surface area contributed by atoms with Crippen molar-refractivity contribution in [2.45, 2.75) is 12.1 Å². The highest BCUT2D eigenvalue weighted by atomic mass is 35.5. The van der Waals surface area contributed by atoms with Gasteiger partial charge in [0.25, 0.3) is 0 Å². The zero-order valence-corrected chi connectivity index (χ0v) is 19.0. The molecule has 1 unspecified atom stereocenters. The van der Waals surface area contributed by atoms with E-state index in [1.54, 1.807) is 4.31 Å². The van der Waals surface area contributed by atoms with Gasteiger partial charge in [-0.3, -0.25) is 9.21 Å². The first-order valence-corrected chi connectivity index (χ1v) is 11.9. The Bertz CT molecular complexity index is 1020. The highest BCUT2D eigenvalue weighted by molar-refractivity contribution is 7.85. The van der Waals surface area contributed by atoms with Crippen LogP contribution in [0.2, 0.25) is 10.0 Å². The van der Waals surface area contributed by atoms with Crippen LogP contribution in [0.15, 0.2) is 66.7 Å². The molecule has 3 aromatic carbocycles. The molecule has 1 aliphatic heterocycles. The second-order valence-electron chi connectivity index (χ2n) is 7.49. The van der Waals surface area contributed by atoms with Crippen LogP contribution in [-0.2, 0) is 11.0 Å². The molecule has 1 atom stereocenters. The number of anilines is 1. The van der Waals surface area contributed by atoms with Crippen molar-refractivity contribution in [1.29, 1.82) is 0 Å². The molecule has 1 aliphatic rings. The van der Waals surface area contributed by atoms with Gasteiger partial charge in [0, 0.05) is 35.5 Å². The molecule has 1 fully saturated rings. The van der Waals surface area contributed by atoms with E-state index >= 15 is 0 Å². The molecule has 0 saturated carbocycles. The minimum atomic E-state index is -1.43. The van der Waals surface area contributed by atoms with Crippen molar-refractivity contribution in [3.05, 3.63) is 99.5 Å². The number of nitrogens with zero attached hydrogens (tertiary/aromatic N) is 2. The van der Waals surface area contributed by atoms with Crippen LogP contribution < -0.4 is 4.31 Å². The lowest BCUT2D eigenvalue weighted by Crippen LogP contribution is -2.60. The fraction of sp³-hybridized carbons (Fsp3) is 0.217. The van der Waals surface area contributed by atoms with Crippen molar-refractivity contribution in [1.82, 2.24) is 4.90 Å². The summed E-state index contributed by atoms with van der Waals surface area (Å²) in [5, 5.41) is 1.31. The molecule has 0 N–H and O–H groups in total. The molecule has 8 heteroatoms. The highest BCUT2D eigenvalue weighted by Gasteiger charge is 2.39. The molecule has 0 aliphatic carbocycles. The van der Waals surface area contributed by atoms with Crippen LogP contribution in [0.25, 0.3) is 0 Å². The van der Waals surface area contributed by atoms with Crippen LogP contribution in [0, 0.1) is 11.6 Å². The molecule has 1 saturated heterocycles. The zero-order chi connectivity index (χ0) is 22.1. The van der Waals surface area contributed by atoms with E-state index in [0.29, 0.717) is 23.1 Å². The third kappa shape index (κ3) is 4.93. The Morgan fingerprint density at radius 2 is 1.35 bits per heavy atom. The van der Waals surface area contributed by atoms with Crippen molar-refractivity contribution in [3.8, 4) is 0 Å². The average Bonchev–Trinajstić information content (AvgIpc) is 2.67. The van der Waals surface area contributed by atoms with Gasteiger partial charge >= 0.3 is 0 Å². The smallest absolute Gasteiger partial charge is 0.128 e. The summed E-state index contributed by atoms with van der Waals surface area (Å²) < 4.78 is 41.5. The Labute approximate surface area is 192 Å². The SMILES string of the molecule is CS(=O)N(c1cc(F)cc(F)c1)C1CN(C(c2ccc(Cl)cc2)c2ccc(Cl)cc2)C1. The average molecular weight is 481 g/mol. The van der Waals surface area contributed by atoms with Gasteiger partial charge in [-0.25, -0.2) is 13.0 Å². The topological polar surface area (TPSA) is 23.6 Å². The summed E-state index contributed by atoms with van der Waals surface area (Å²) in [5.74, 6) is -1.39. The van der Waals surface area contributed by atoms with E-state index in [1.165, 1.54) is 18.4 Å². The fourth-order valence-corrected chi connectivity index (χ4v) is 5.19.